The monoisotopic (exact) mass is 290 g/mol. The van der Waals surface area contributed by atoms with Gasteiger partial charge in [0.25, 0.3) is 0 Å². The number of rotatable bonds is 12. The van der Waals surface area contributed by atoms with E-state index < -0.39 is 12.0 Å². The van der Waals surface area contributed by atoms with Crippen LogP contribution in [0.5, 0.6) is 0 Å². The summed E-state index contributed by atoms with van der Waals surface area (Å²) in [6, 6.07) is -0.882. The van der Waals surface area contributed by atoms with Gasteiger partial charge >= 0.3 is 5.97 Å². The van der Waals surface area contributed by atoms with Crippen molar-refractivity contribution in [3.8, 4) is 0 Å². The van der Waals surface area contributed by atoms with Gasteiger partial charge in [0, 0.05) is 12.2 Å². The lowest BCUT2D eigenvalue weighted by Gasteiger charge is -2.11. The summed E-state index contributed by atoms with van der Waals surface area (Å²) in [7, 11) is 0. The van der Waals surface area contributed by atoms with Gasteiger partial charge in [0.2, 0.25) is 5.91 Å². The predicted molar refractivity (Wildman–Crippen MR) is 79.4 cm³/mol. The van der Waals surface area contributed by atoms with Crippen LogP contribution in [-0.2, 0) is 9.59 Å². The molecule has 112 valence electrons. The zero-order valence-corrected chi connectivity index (χ0v) is 12.3. The van der Waals surface area contributed by atoms with Gasteiger partial charge in [0.05, 0.1) is 0 Å². The van der Waals surface area contributed by atoms with Gasteiger partial charge in [-0.05, 0) is 19.4 Å². The normalized spacial score (nSPS) is 12.1. The lowest BCUT2D eigenvalue weighted by atomic mass is 10.1. The van der Waals surface area contributed by atoms with E-state index in [9.17, 15) is 9.59 Å². The number of aliphatic carboxylic acids is 1. The van der Waals surface area contributed by atoms with Crippen LogP contribution in [0.1, 0.15) is 51.4 Å². The van der Waals surface area contributed by atoms with Gasteiger partial charge in [0.1, 0.15) is 6.04 Å². The van der Waals surface area contributed by atoms with E-state index in [1.165, 1.54) is 19.3 Å². The predicted octanol–water partition coefficient (Wildman–Crippen LogP) is 1.57. The van der Waals surface area contributed by atoms with E-state index in [2.05, 4.69) is 17.9 Å². The fourth-order valence-electron chi connectivity index (χ4n) is 1.77. The Balaban J connectivity index is 3.45. The molecule has 0 fully saturated rings. The molecule has 19 heavy (non-hydrogen) atoms. The maximum absolute atomic E-state index is 11.5. The molecular formula is C13H26N2O3S. The van der Waals surface area contributed by atoms with Crippen molar-refractivity contribution in [3.63, 3.8) is 0 Å². The van der Waals surface area contributed by atoms with Gasteiger partial charge in [-0.1, -0.05) is 32.1 Å². The Morgan fingerprint density at radius 2 is 1.58 bits per heavy atom. The lowest BCUT2D eigenvalue weighted by Crippen LogP contribution is -2.42. The van der Waals surface area contributed by atoms with Crippen LogP contribution in [0.2, 0.25) is 0 Å². The van der Waals surface area contributed by atoms with Crippen LogP contribution in [0, 0.1) is 0 Å². The van der Waals surface area contributed by atoms with Crippen LogP contribution in [0.15, 0.2) is 0 Å². The molecule has 0 aromatic carbocycles. The largest absolute Gasteiger partial charge is 0.480 e. The quantitative estimate of drug-likeness (QED) is 0.324. The van der Waals surface area contributed by atoms with E-state index in [0.29, 0.717) is 6.42 Å². The van der Waals surface area contributed by atoms with Crippen molar-refractivity contribution in [2.24, 2.45) is 5.73 Å². The number of carbonyl (C=O) groups is 2. The molecule has 0 radical (unpaired) electrons. The lowest BCUT2D eigenvalue weighted by molar-refractivity contribution is -0.141. The number of nitrogens with one attached hydrogen (secondary N) is 1. The molecule has 0 spiro atoms. The highest BCUT2D eigenvalue weighted by Crippen LogP contribution is 2.08. The van der Waals surface area contributed by atoms with Crippen molar-refractivity contribution >= 4 is 24.5 Å². The van der Waals surface area contributed by atoms with Crippen molar-refractivity contribution in [3.05, 3.63) is 0 Å². The molecular weight excluding hydrogens is 264 g/mol. The standard InChI is InChI=1S/C13H26N2O3S/c14-9-7-5-3-1-2-4-6-8-12(16)15-11(10-19)13(17)18/h11,19H,1-10,14H2,(H,15,16)(H,17,18). The van der Waals surface area contributed by atoms with Crippen LogP contribution in [0.3, 0.4) is 0 Å². The molecule has 6 heteroatoms. The minimum atomic E-state index is -1.04. The first-order chi connectivity index (χ1) is 9.11. The highest BCUT2D eigenvalue weighted by atomic mass is 32.1. The molecule has 0 aliphatic carbocycles. The molecule has 0 aliphatic heterocycles. The number of unbranched alkanes of at least 4 members (excludes halogenated alkanes) is 6. The average molecular weight is 290 g/mol. The summed E-state index contributed by atoms with van der Waals surface area (Å²) in [6.07, 6.45) is 7.96. The molecule has 0 saturated heterocycles. The summed E-state index contributed by atoms with van der Waals surface area (Å²) in [5.41, 5.74) is 5.40. The van der Waals surface area contributed by atoms with Crippen molar-refractivity contribution in [1.29, 1.82) is 0 Å². The second-order valence-corrected chi connectivity index (χ2v) is 5.02. The highest BCUT2D eigenvalue weighted by molar-refractivity contribution is 7.80. The number of hydrogen-bond acceptors (Lipinski definition) is 4. The smallest absolute Gasteiger partial charge is 0.327 e. The van der Waals surface area contributed by atoms with Crippen molar-refractivity contribution in [1.82, 2.24) is 5.32 Å². The third-order valence-electron chi connectivity index (χ3n) is 2.92. The summed E-state index contributed by atoms with van der Waals surface area (Å²) >= 11 is 3.89. The molecule has 0 aromatic rings. The zero-order chi connectivity index (χ0) is 14.5. The second-order valence-electron chi connectivity index (χ2n) is 4.65. The summed E-state index contributed by atoms with van der Waals surface area (Å²) in [4.78, 5) is 22.2. The van der Waals surface area contributed by atoms with E-state index in [-0.39, 0.29) is 11.7 Å². The molecule has 4 N–H and O–H groups in total. The van der Waals surface area contributed by atoms with Gasteiger partial charge < -0.3 is 16.2 Å². The molecule has 0 saturated carbocycles. The van der Waals surface area contributed by atoms with E-state index in [1.54, 1.807) is 0 Å². The van der Waals surface area contributed by atoms with Crippen LogP contribution in [0.4, 0.5) is 0 Å². The molecule has 0 aliphatic rings. The maximum atomic E-state index is 11.5. The Morgan fingerprint density at radius 1 is 1.05 bits per heavy atom. The Hall–Kier alpha value is -0.750. The van der Waals surface area contributed by atoms with Gasteiger partial charge in [-0.15, -0.1) is 0 Å². The number of carboxylic acid groups (broad SMARTS) is 1. The number of amides is 1. The molecule has 0 heterocycles. The SMILES string of the molecule is NCCCCCCCCCC(=O)NC(CS)C(=O)O. The van der Waals surface area contributed by atoms with E-state index in [4.69, 9.17) is 10.8 Å². The van der Waals surface area contributed by atoms with Gasteiger partial charge in [0.15, 0.2) is 0 Å². The third kappa shape index (κ3) is 10.8. The summed E-state index contributed by atoms with van der Waals surface area (Å²) in [5.74, 6) is -1.13. The number of thiol groups is 1. The molecule has 5 nitrogen and oxygen atoms in total. The van der Waals surface area contributed by atoms with Crippen molar-refractivity contribution < 1.29 is 14.7 Å². The molecule has 0 bridgehead atoms. The van der Waals surface area contributed by atoms with E-state index in [0.717, 1.165) is 32.2 Å². The zero-order valence-electron chi connectivity index (χ0n) is 11.4. The molecule has 0 rings (SSSR count). The topological polar surface area (TPSA) is 92.4 Å². The summed E-state index contributed by atoms with van der Waals surface area (Å²) in [5, 5.41) is 11.2. The van der Waals surface area contributed by atoms with Crippen molar-refractivity contribution in [2.75, 3.05) is 12.3 Å². The van der Waals surface area contributed by atoms with Crippen molar-refractivity contribution in [2.45, 2.75) is 57.4 Å². The van der Waals surface area contributed by atoms with Crippen LogP contribution < -0.4 is 11.1 Å². The average Bonchev–Trinajstić information content (AvgIpc) is 2.38. The first kappa shape index (κ1) is 18.2. The Bertz CT molecular complexity index is 262. The molecule has 1 amide bonds. The van der Waals surface area contributed by atoms with E-state index in [1.807, 2.05) is 0 Å². The molecule has 0 aromatic heterocycles. The van der Waals surface area contributed by atoms with E-state index >= 15 is 0 Å². The minimum Gasteiger partial charge on any atom is -0.480 e. The number of hydrogen-bond donors (Lipinski definition) is 4. The van der Waals surface area contributed by atoms with Gasteiger partial charge in [-0.2, -0.15) is 12.6 Å². The Morgan fingerprint density at radius 3 is 2.05 bits per heavy atom. The number of carboxylic acids is 1. The first-order valence-electron chi connectivity index (χ1n) is 6.95. The minimum absolute atomic E-state index is 0.113. The number of nitrogens with two attached hydrogens (primary N) is 1. The summed E-state index contributed by atoms with van der Waals surface area (Å²) < 4.78 is 0. The molecule has 1 atom stereocenters. The summed E-state index contributed by atoms with van der Waals surface area (Å²) in [6.45, 7) is 0.760. The molecule has 1 unspecified atom stereocenters. The third-order valence-corrected chi connectivity index (χ3v) is 3.29. The fraction of sp³-hybridized carbons (Fsp3) is 0.846. The first-order valence-corrected chi connectivity index (χ1v) is 7.58. The Labute approximate surface area is 120 Å². The Kier molecular flexibility index (Phi) is 11.8. The van der Waals surface area contributed by atoms with Gasteiger partial charge in [-0.3, -0.25) is 4.79 Å². The fourth-order valence-corrected chi connectivity index (χ4v) is 2.01. The van der Waals surface area contributed by atoms with Crippen LogP contribution >= 0.6 is 12.6 Å². The maximum Gasteiger partial charge on any atom is 0.327 e. The number of carbonyl (C=O) groups excluding carboxylic acids is 1. The second kappa shape index (κ2) is 12.3. The van der Waals surface area contributed by atoms with Gasteiger partial charge in [-0.25, -0.2) is 4.79 Å². The highest BCUT2D eigenvalue weighted by Gasteiger charge is 2.17. The van der Waals surface area contributed by atoms with Crippen LogP contribution in [-0.4, -0.2) is 35.3 Å². The van der Waals surface area contributed by atoms with Crippen LogP contribution in [0.25, 0.3) is 0 Å².